The zero-order chi connectivity index (χ0) is 14.7. The van der Waals surface area contributed by atoms with Gasteiger partial charge in [0.05, 0.1) is 6.26 Å². The number of hydrogen-bond acceptors (Lipinski definition) is 3. The molecule has 1 heterocycles. The van der Waals surface area contributed by atoms with Crippen molar-refractivity contribution < 1.29 is 9.21 Å². The molecule has 0 spiro atoms. The minimum Gasteiger partial charge on any atom is -0.469 e. The lowest BCUT2D eigenvalue weighted by atomic mass is 10.1. The lowest BCUT2D eigenvalue weighted by molar-refractivity contribution is -0.118. The number of nitrogens with zero attached hydrogens (tertiary/aromatic N) is 1. The fraction of sp³-hybridized carbons (Fsp3) is 0.353. The molecule has 21 heavy (non-hydrogen) atoms. The summed E-state index contributed by atoms with van der Waals surface area (Å²) in [6, 6.07) is 12.1. The number of benzene rings is 1. The Morgan fingerprint density at radius 2 is 2.00 bits per heavy atom. The zero-order valence-corrected chi connectivity index (χ0v) is 12.0. The van der Waals surface area contributed by atoms with Gasteiger partial charge in [-0.15, -0.1) is 0 Å². The summed E-state index contributed by atoms with van der Waals surface area (Å²) in [6.07, 6.45) is 4.94. The van der Waals surface area contributed by atoms with Crippen LogP contribution in [0.4, 0.5) is 5.69 Å². The predicted octanol–water partition coefficient (Wildman–Crippen LogP) is 2.87. The van der Waals surface area contributed by atoms with Gasteiger partial charge in [0.1, 0.15) is 5.76 Å². The highest BCUT2D eigenvalue weighted by Crippen LogP contribution is 2.32. The second-order valence-electron chi connectivity index (χ2n) is 5.44. The maximum atomic E-state index is 12.5. The first-order valence-corrected chi connectivity index (χ1v) is 7.41. The molecule has 1 aliphatic carbocycles. The van der Waals surface area contributed by atoms with Crippen LogP contribution in [-0.4, -0.2) is 11.9 Å². The number of amides is 1. The van der Waals surface area contributed by atoms with Crippen molar-refractivity contribution in [3.63, 3.8) is 0 Å². The molecule has 1 saturated carbocycles. The second-order valence-corrected chi connectivity index (χ2v) is 5.44. The van der Waals surface area contributed by atoms with Crippen LogP contribution in [-0.2, 0) is 17.8 Å². The van der Waals surface area contributed by atoms with Crippen LogP contribution in [0.2, 0.25) is 0 Å². The molecule has 2 N–H and O–H groups in total. The molecule has 4 nitrogen and oxygen atoms in total. The quantitative estimate of drug-likeness (QED) is 0.887. The Labute approximate surface area is 124 Å². The monoisotopic (exact) mass is 284 g/mol. The summed E-state index contributed by atoms with van der Waals surface area (Å²) < 4.78 is 5.29. The molecular weight excluding hydrogens is 264 g/mol. The fourth-order valence-electron chi connectivity index (χ4n) is 2.49. The van der Waals surface area contributed by atoms with Gasteiger partial charge in [-0.1, -0.05) is 12.1 Å². The molecule has 0 unspecified atom stereocenters. The summed E-state index contributed by atoms with van der Waals surface area (Å²) in [4.78, 5) is 14.5. The SMILES string of the molecule is NCc1ccc(N(C(=O)CCc2ccco2)C2CC2)cc1. The minimum absolute atomic E-state index is 0.161. The summed E-state index contributed by atoms with van der Waals surface area (Å²) in [5, 5.41) is 0. The third-order valence-corrected chi connectivity index (χ3v) is 3.80. The summed E-state index contributed by atoms with van der Waals surface area (Å²) in [6.45, 7) is 0.524. The lowest BCUT2D eigenvalue weighted by Gasteiger charge is -2.22. The normalized spacial score (nSPS) is 14.1. The number of hydrogen-bond donors (Lipinski definition) is 1. The maximum Gasteiger partial charge on any atom is 0.227 e. The summed E-state index contributed by atoms with van der Waals surface area (Å²) in [5.41, 5.74) is 7.67. The van der Waals surface area contributed by atoms with Crippen LogP contribution in [0.1, 0.15) is 30.6 Å². The van der Waals surface area contributed by atoms with Gasteiger partial charge in [-0.25, -0.2) is 0 Å². The molecule has 4 heteroatoms. The highest BCUT2D eigenvalue weighted by atomic mass is 16.3. The highest BCUT2D eigenvalue weighted by molar-refractivity contribution is 5.94. The molecule has 1 aliphatic rings. The molecular formula is C17H20N2O2. The van der Waals surface area contributed by atoms with E-state index in [2.05, 4.69) is 0 Å². The maximum absolute atomic E-state index is 12.5. The molecule has 0 atom stereocenters. The Bertz CT molecular complexity index is 586. The second kappa shape index (κ2) is 6.14. The molecule has 0 aliphatic heterocycles. The Hall–Kier alpha value is -2.07. The summed E-state index contributed by atoms with van der Waals surface area (Å²) in [7, 11) is 0. The van der Waals surface area contributed by atoms with E-state index >= 15 is 0 Å². The van der Waals surface area contributed by atoms with E-state index in [0.717, 1.165) is 29.9 Å². The first-order chi connectivity index (χ1) is 10.3. The molecule has 0 radical (unpaired) electrons. The smallest absolute Gasteiger partial charge is 0.227 e. The third-order valence-electron chi connectivity index (χ3n) is 3.80. The van der Waals surface area contributed by atoms with E-state index in [1.807, 2.05) is 41.3 Å². The van der Waals surface area contributed by atoms with Gasteiger partial charge in [-0.05, 0) is 42.7 Å². The van der Waals surface area contributed by atoms with Gasteiger partial charge in [0.25, 0.3) is 0 Å². The van der Waals surface area contributed by atoms with Gasteiger partial charge >= 0.3 is 0 Å². The van der Waals surface area contributed by atoms with Crippen LogP contribution in [0.3, 0.4) is 0 Å². The van der Waals surface area contributed by atoms with Gasteiger partial charge in [-0.3, -0.25) is 4.79 Å². The van der Waals surface area contributed by atoms with Crippen LogP contribution in [0.25, 0.3) is 0 Å². The molecule has 0 bridgehead atoms. The zero-order valence-electron chi connectivity index (χ0n) is 12.0. The molecule has 110 valence electrons. The number of nitrogens with two attached hydrogens (primary N) is 1. The molecule has 2 aromatic rings. The Kier molecular flexibility index (Phi) is 4.06. The van der Waals surface area contributed by atoms with Crippen molar-refractivity contribution in [1.82, 2.24) is 0 Å². The molecule has 3 rings (SSSR count). The molecule has 1 amide bonds. The Balaban J connectivity index is 1.69. The fourth-order valence-corrected chi connectivity index (χ4v) is 2.49. The van der Waals surface area contributed by atoms with Crippen LogP contribution in [0.5, 0.6) is 0 Å². The Morgan fingerprint density at radius 3 is 2.57 bits per heavy atom. The number of furan rings is 1. The van der Waals surface area contributed by atoms with Gasteiger partial charge in [0.15, 0.2) is 0 Å². The number of aryl methyl sites for hydroxylation is 1. The number of anilines is 1. The van der Waals surface area contributed by atoms with Crippen molar-refractivity contribution in [1.29, 1.82) is 0 Å². The van der Waals surface area contributed by atoms with E-state index in [-0.39, 0.29) is 5.91 Å². The van der Waals surface area contributed by atoms with Crippen LogP contribution in [0.15, 0.2) is 47.1 Å². The van der Waals surface area contributed by atoms with E-state index < -0.39 is 0 Å². The number of carbonyl (C=O) groups excluding carboxylic acids is 1. The average Bonchev–Trinajstić information content (AvgIpc) is 3.20. The van der Waals surface area contributed by atoms with E-state index in [1.165, 1.54) is 0 Å². The average molecular weight is 284 g/mol. The standard InChI is InChI=1S/C17H20N2O2/c18-12-13-3-5-14(6-4-13)19(15-7-8-15)17(20)10-9-16-2-1-11-21-16/h1-6,11,15H,7-10,12,18H2. The van der Waals surface area contributed by atoms with Crippen molar-refractivity contribution in [2.24, 2.45) is 5.73 Å². The Morgan fingerprint density at radius 1 is 1.24 bits per heavy atom. The largest absolute Gasteiger partial charge is 0.469 e. The third kappa shape index (κ3) is 3.34. The first-order valence-electron chi connectivity index (χ1n) is 7.41. The van der Waals surface area contributed by atoms with Crippen LogP contribution < -0.4 is 10.6 Å². The van der Waals surface area contributed by atoms with E-state index in [4.69, 9.17) is 10.2 Å². The van der Waals surface area contributed by atoms with Crippen molar-refractivity contribution >= 4 is 11.6 Å². The lowest BCUT2D eigenvalue weighted by Crippen LogP contribution is -2.33. The predicted molar refractivity (Wildman–Crippen MR) is 81.9 cm³/mol. The topological polar surface area (TPSA) is 59.5 Å². The van der Waals surface area contributed by atoms with Crippen molar-refractivity contribution in [3.05, 3.63) is 54.0 Å². The van der Waals surface area contributed by atoms with Gasteiger partial charge in [-0.2, -0.15) is 0 Å². The molecule has 1 aromatic carbocycles. The van der Waals surface area contributed by atoms with E-state index in [9.17, 15) is 4.79 Å². The number of carbonyl (C=O) groups is 1. The van der Waals surface area contributed by atoms with Crippen molar-refractivity contribution in [2.45, 2.75) is 38.3 Å². The molecule has 0 saturated heterocycles. The molecule has 1 fully saturated rings. The van der Waals surface area contributed by atoms with Gasteiger partial charge in [0.2, 0.25) is 5.91 Å². The molecule has 1 aromatic heterocycles. The van der Waals surface area contributed by atoms with Crippen LogP contribution >= 0.6 is 0 Å². The number of rotatable bonds is 6. The van der Waals surface area contributed by atoms with Crippen LogP contribution in [0, 0.1) is 0 Å². The van der Waals surface area contributed by atoms with Crippen molar-refractivity contribution in [3.8, 4) is 0 Å². The first kappa shape index (κ1) is 13.9. The minimum atomic E-state index is 0.161. The van der Waals surface area contributed by atoms with E-state index in [1.54, 1.807) is 6.26 Å². The van der Waals surface area contributed by atoms with Gasteiger partial charge < -0.3 is 15.1 Å². The summed E-state index contributed by atoms with van der Waals surface area (Å²) >= 11 is 0. The van der Waals surface area contributed by atoms with Gasteiger partial charge in [0, 0.05) is 31.1 Å². The van der Waals surface area contributed by atoms with Crippen molar-refractivity contribution in [2.75, 3.05) is 4.90 Å². The van der Waals surface area contributed by atoms with E-state index in [0.29, 0.717) is 25.4 Å². The summed E-state index contributed by atoms with van der Waals surface area (Å²) in [5.74, 6) is 1.02. The highest BCUT2D eigenvalue weighted by Gasteiger charge is 2.33.